The summed E-state index contributed by atoms with van der Waals surface area (Å²) in [6, 6.07) is 7.07. The minimum atomic E-state index is -3.76. The fraction of sp³-hybridized carbons (Fsp3) is 0.611. The van der Waals surface area contributed by atoms with Gasteiger partial charge in [-0.3, -0.25) is 9.69 Å². The van der Waals surface area contributed by atoms with Gasteiger partial charge in [-0.1, -0.05) is 23.7 Å². The van der Waals surface area contributed by atoms with Crippen molar-refractivity contribution in [3.05, 3.63) is 29.3 Å². The molecule has 0 aromatic heterocycles. The number of halogens is 1. The first-order valence-corrected chi connectivity index (χ1v) is 11.2. The van der Waals surface area contributed by atoms with E-state index >= 15 is 0 Å². The van der Waals surface area contributed by atoms with E-state index in [1.165, 1.54) is 23.2 Å². The molecule has 1 aromatic rings. The van der Waals surface area contributed by atoms with E-state index in [1.54, 1.807) is 23.1 Å². The number of hydrogen-bond acceptors (Lipinski definition) is 5. The average molecular weight is 414 g/mol. The van der Waals surface area contributed by atoms with Crippen LogP contribution in [0.25, 0.3) is 0 Å². The molecule has 0 unspecified atom stereocenters. The van der Waals surface area contributed by atoms with Crippen molar-refractivity contribution in [3.63, 3.8) is 0 Å². The molecule has 0 N–H and O–H groups in total. The van der Waals surface area contributed by atoms with Crippen LogP contribution in [0.2, 0.25) is 5.02 Å². The second-order valence-corrected chi connectivity index (χ2v) is 9.56. The maximum atomic E-state index is 12.9. The van der Waals surface area contributed by atoms with Crippen LogP contribution in [0.15, 0.2) is 29.2 Å². The number of morpholine rings is 1. The monoisotopic (exact) mass is 413 g/mol. The summed E-state index contributed by atoms with van der Waals surface area (Å²) in [5, 5.41) is 0.183. The lowest BCUT2D eigenvalue weighted by Gasteiger charge is -2.38. The van der Waals surface area contributed by atoms with Crippen LogP contribution in [0.3, 0.4) is 0 Å². The van der Waals surface area contributed by atoms with Crippen LogP contribution >= 0.6 is 11.6 Å². The van der Waals surface area contributed by atoms with Crippen molar-refractivity contribution in [2.24, 2.45) is 0 Å². The number of hydrogen-bond donors (Lipinski definition) is 0. The molecule has 7 nitrogen and oxygen atoms in total. The van der Waals surface area contributed by atoms with Gasteiger partial charge in [0, 0.05) is 45.3 Å². The van der Waals surface area contributed by atoms with Crippen LogP contribution in [0.4, 0.5) is 0 Å². The lowest BCUT2D eigenvalue weighted by Crippen LogP contribution is -2.56. The highest BCUT2D eigenvalue weighted by Gasteiger charge is 2.38. The fourth-order valence-electron chi connectivity index (χ4n) is 3.74. The van der Waals surface area contributed by atoms with Crippen molar-refractivity contribution >= 4 is 27.5 Å². The SMILES string of the molecule is O=C([C@H]1CN(S(=O)(=O)c2ccccc2Cl)CCO1)N1CCN(C2CC2)CC1. The zero-order chi connectivity index (χ0) is 19.0. The second-order valence-electron chi connectivity index (χ2n) is 7.25. The second kappa shape index (κ2) is 7.67. The first-order valence-electron chi connectivity index (χ1n) is 9.36. The van der Waals surface area contributed by atoms with Crippen LogP contribution in [-0.4, -0.2) is 86.5 Å². The molecular formula is C18H24ClN3O4S. The zero-order valence-corrected chi connectivity index (χ0v) is 16.7. The Kier molecular flexibility index (Phi) is 5.44. The number of sulfonamides is 1. The number of carbonyl (C=O) groups is 1. The van der Waals surface area contributed by atoms with Crippen LogP contribution in [0.1, 0.15) is 12.8 Å². The predicted molar refractivity (Wildman–Crippen MR) is 101 cm³/mol. The maximum Gasteiger partial charge on any atom is 0.253 e. The van der Waals surface area contributed by atoms with E-state index in [1.807, 2.05) is 0 Å². The van der Waals surface area contributed by atoms with Crippen LogP contribution in [0.5, 0.6) is 0 Å². The molecule has 2 aliphatic heterocycles. The Labute approximate surface area is 164 Å². The first kappa shape index (κ1) is 19.1. The van der Waals surface area contributed by atoms with Gasteiger partial charge in [-0.05, 0) is 25.0 Å². The van der Waals surface area contributed by atoms with Crippen molar-refractivity contribution in [1.82, 2.24) is 14.1 Å². The van der Waals surface area contributed by atoms with Gasteiger partial charge in [0.25, 0.3) is 5.91 Å². The first-order chi connectivity index (χ1) is 13.0. The van der Waals surface area contributed by atoms with E-state index in [2.05, 4.69) is 4.90 Å². The number of rotatable bonds is 4. The summed E-state index contributed by atoms with van der Waals surface area (Å²) in [7, 11) is -3.76. The highest BCUT2D eigenvalue weighted by molar-refractivity contribution is 7.89. The quantitative estimate of drug-likeness (QED) is 0.737. The molecule has 148 valence electrons. The normalized spacial score (nSPS) is 25.5. The average Bonchev–Trinajstić information content (AvgIpc) is 3.53. The Morgan fingerprint density at radius 3 is 2.44 bits per heavy atom. The lowest BCUT2D eigenvalue weighted by molar-refractivity contribution is -0.149. The Hall–Kier alpha value is -1.19. The number of nitrogens with zero attached hydrogens (tertiary/aromatic N) is 3. The van der Waals surface area contributed by atoms with E-state index in [0.717, 1.165) is 13.1 Å². The third kappa shape index (κ3) is 4.00. The lowest BCUT2D eigenvalue weighted by atomic mass is 10.2. The third-order valence-electron chi connectivity index (χ3n) is 5.45. The Morgan fingerprint density at radius 2 is 1.78 bits per heavy atom. The topological polar surface area (TPSA) is 70.2 Å². The third-order valence-corrected chi connectivity index (χ3v) is 7.81. The van der Waals surface area contributed by atoms with Gasteiger partial charge < -0.3 is 9.64 Å². The molecule has 3 fully saturated rings. The van der Waals surface area contributed by atoms with Crippen molar-refractivity contribution in [3.8, 4) is 0 Å². The van der Waals surface area contributed by atoms with Gasteiger partial charge in [-0.25, -0.2) is 8.42 Å². The maximum absolute atomic E-state index is 12.9. The summed E-state index contributed by atoms with van der Waals surface area (Å²) >= 11 is 6.08. The molecule has 2 saturated heterocycles. The zero-order valence-electron chi connectivity index (χ0n) is 15.1. The molecule has 27 heavy (non-hydrogen) atoms. The molecule has 1 aliphatic carbocycles. The molecule has 3 aliphatic rings. The minimum Gasteiger partial charge on any atom is -0.366 e. The highest BCUT2D eigenvalue weighted by atomic mass is 35.5. The van der Waals surface area contributed by atoms with Gasteiger partial charge in [-0.2, -0.15) is 4.31 Å². The number of benzene rings is 1. The van der Waals surface area contributed by atoms with E-state index in [9.17, 15) is 13.2 Å². The molecule has 1 atom stereocenters. The summed E-state index contributed by atoms with van der Waals surface area (Å²) in [4.78, 5) is 17.2. The van der Waals surface area contributed by atoms with Crippen molar-refractivity contribution in [2.45, 2.75) is 29.9 Å². The van der Waals surface area contributed by atoms with Gasteiger partial charge in [-0.15, -0.1) is 0 Å². The van der Waals surface area contributed by atoms with Gasteiger partial charge in [0.05, 0.1) is 11.6 Å². The van der Waals surface area contributed by atoms with E-state index in [-0.39, 0.29) is 35.5 Å². The Morgan fingerprint density at radius 1 is 1.07 bits per heavy atom. The molecule has 9 heteroatoms. The summed E-state index contributed by atoms with van der Waals surface area (Å²) in [5.41, 5.74) is 0. The molecule has 4 rings (SSSR count). The smallest absolute Gasteiger partial charge is 0.253 e. The van der Waals surface area contributed by atoms with Crippen LogP contribution in [-0.2, 0) is 19.6 Å². The highest BCUT2D eigenvalue weighted by Crippen LogP contribution is 2.28. The van der Waals surface area contributed by atoms with E-state index in [0.29, 0.717) is 19.1 Å². The summed E-state index contributed by atoms with van der Waals surface area (Å²) in [5.74, 6) is -0.121. The van der Waals surface area contributed by atoms with Crippen molar-refractivity contribution in [1.29, 1.82) is 0 Å². The molecule has 1 amide bonds. The predicted octanol–water partition coefficient (Wildman–Crippen LogP) is 1.04. The number of ether oxygens (including phenoxy) is 1. The molecule has 1 aromatic carbocycles. The summed E-state index contributed by atoms with van der Waals surface area (Å²) in [6.45, 7) is 3.54. The fourth-order valence-corrected chi connectivity index (χ4v) is 5.66. The molecule has 0 spiro atoms. The van der Waals surface area contributed by atoms with Crippen molar-refractivity contribution < 1.29 is 17.9 Å². The van der Waals surface area contributed by atoms with E-state index < -0.39 is 16.1 Å². The molecule has 1 saturated carbocycles. The van der Waals surface area contributed by atoms with Crippen LogP contribution < -0.4 is 0 Å². The summed E-state index contributed by atoms with van der Waals surface area (Å²) < 4.78 is 32.8. The Balaban J connectivity index is 1.42. The standard InChI is InChI=1S/C18H24ClN3O4S/c19-15-3-1-2-4-17(15)27(24,25)22-11-12-26-16(13-22)18(23)21-9-7-20(8-10-21)14-5-6-14/h1-4,14,16H,5-13H2/t16-/m1/s1. The van der Waals surface area contributed by atoms with Gasteiger partial charge in [0.1, 0.15) is 11.0 Å². The number of piperazine rings is 1. The van der Waals surface area contributed by atoms with Crippen molar-refractivity contribution in [2.75, 3.05) is 45.9 Å². The molecule has 0 radical (unpaired) electrons. The van der Waals surface area contributed by atoms with Crippen LogP contribution in [0, 0.1) is 0 Å². The van der Waals surface area contributed by atoms with Gasteiger partial charge in [0.2, 0.25) is 10.0 Å². The molecular weight excluding hydrogens is 390 g/mol. The molecule has 0 bridgehead atoms. The van der Waals surface area contributed by atoms with Gasteiger partial charge in [0.15, 0.2) is 0 Å². The molecule has 2 heterocycles. The minimum absolute atomic E-state index is 0.0230. The number of carbonyl (C=O) groups excluding carboxylic acids is 1. The Bertz CT molecular complexity index is 807. The largest absolute Gasteiger partial charge is 0.366 e. The van der Waals surface area contributed by atoms with Gasteiger partial charge >= 0.3 is 0 Å². The number of amides is 1. The summed E-state index contributed by atoms with van der Waals surface area (Å²) in [6.07, 6.45) is 1.76. The van der Waals surface area contributed by atoms with E-state index in [4.69, 9.17) is 16.3 Å².